The first kappa shape index (κ1) is 19.5. The Morgan fingerprint density at radius 2 is 1.94 bits per heavy atom. The van der Waals surface area contributed by atoms with Crippen LogP contribution in [-0.4, -0.2) is 22.5 Å². The van der Waals surface area contributed by atoms with Crippen LogP contribution in [0, 0.1) is 0 Å². The summed E-state index contributed by atoms with van der Waals surface area (Å²) in [4.78, 5) is 23.3. The highest BCUT2D eigenvalue weighted by Crippen LogP contribution is 2.30. The van der Waals surface area contributed by atoms with Gasteiger partial charge in [-0.1, -0.05) is 35.6 Å². The predicted molar refractivity (Wildman–Crippen MR) is 127 cm³/mol. The molecule has 0 spiro atoms. The van der Waals surface area contributed by atoms with Gasteiger partial charge < -0.3 is 4.74 Å². The number of hydrazine groups is 1. The van der Waals surface area contributed by atoms with Gasteiger partial charge in [0.05, 0.1) is 38.5 Å². The number of pyridine rings is 1. The summed E-state index contributed by atoms with van der Waals surface area (Å²) in [6, 6.07) is 19.2. The van der Waals surface area contributed by atoms with Gasteiger partial charge in [-0.2, -0.15) is 0 Å². The molecule has 5 rings (SSSR count). The minimum absolute atomic E-state index is 0.245. The van der Waals surface area contributed by atoms with Gasteiger partial charge in [0.1, 0.15) is 5.75 Å². The number of fused-ring (bicyclic) bond motifs is 2. The SMILES string of the molecule is CCOc1ccc2nc(NNC(=O)c3cc(-c4cccs4)nc4ccccc34)sc2c1. The van der Waals surface area contributed by atoms with Gasteiger partial charge in [0.2, 0.25) is 5.13 Å². The monoisotopic (exact) mass is 446 g/mol. The van der Waals surface area contributed by atoms with Crippen LogP contribution in [0.5, 0.6) is 5.75 Å². The number of ether oxygens (including phenoxy) is 1. The molecule has 1 amide bonds. The molecule has 2 N–H and O–H groups in total. The van der Waals surface area contributed by atoms with E-state index in [1.807, 2.05) is 73.0 Å². The quantitative estimate of drug-likeness (QED) is 0.326. The summed E-state index contributed by atoms with van der Waals surface area (Å²) in [5.41, 5.74) is 8.70. The van der Waals surface area contributed by atoms with Gasteiger partial charge in [0, 0.05) is 5.39 Å². The number of carbonyl (C=O) groups is 1. The Morgan fingerprint density at radius 1 is 1.03 bits per heavy atom. The van der Waals surface area contributed by atoms with Crippen LogP contribution in [0.1, 0.15) is 17.3 Å². The van der Waals surface area contributed by atoms with Gasteiger partial charge in [-0.05, 0) is 48.7 Å². The Bertz CT molecular complexity index is 1380. The minimum atomic E-state index is -0.245. The number of hydrogen-bond donors (Lipinski definition) is 2. The standard InChI is InChI=1S/C23H18N4O2S2/c1-2-29-14-9-10-18-21(12-14)31-23(25-18)27-26-22(28)16-13-19(20-8-5-11-30-20)24-17-7-4-3-6-15(16)17/h3-13H,2H2,1H3,(H,25,27)(H,26,28). The summed E-state index contributed by atoms with van der Waals surface area (Å²) in [5, 5.41) is 3.40. The largest absolute Gasteiger partial charge is 0.494 e. The maximum absolute atomic E-state index is 13.1. The van der Waals surface area contributed by atoms with Crippen molar-refractivity contribution < 1.29 is 9.53 Å². The van der Waals surface area contributed by atoms with Crippen LogP contribution in [0.25, 0.3) is 31.7 Å². The van der Waals surface area contributed by atoms with Gasteiger partial charge in [-0.3, -0.25) is 15.6 Å². The molecule has 0 unspecified atom stereocenters. The lowest BCUT2D eigenvalue weighted by atomic mass is 10.1. The van der Waals surface area contributed by atoms with E-state index < -0.39 is 0 Å². The lowest BCUT2D eigenvalue weighted by molar-refractivity contribution is 0.0964. The van der Waals surface area contributed by atoms with Gasteiger partial charge >= 0.3 is 0 Å². The first-order valence-electron chi connectivity index (χ1n) is 9.74. The van der Waals surface area contributed by atoms with Gasteiger partial charge in [0.15, 0.2) is 0 Å². The number of nitrogens with one attached hydrogen (secondary N) is 2. The number of amides is 1. The van der Waals surface area contributed by atoms with Crippen LogP contribution < -0.4 is 15.6 Å². The van der Waals surface area contributed by atoms with Crippen molar-refractivity contribution in [2.75, 3.05) is 12.0 Å². The van der Waals surface area contributed by atoms with E-state index in [4.69, 9.17) is 9.72 Å². The molecule has 5 aromatic rings. The second-order valence-corrected chi connectivity index (χ2v) is 8.69. The maximum atomic E-state index is 13.1. The Morgan fingerprint density at radius 3 is 2.77 bits per heavy atom. The van der Waals surface area contributed by atoms with Crippen molar-refractivity contribution in [1.82, 2.24) is 15.4 Å². The highest BCUT2D eigenvalue weighted by molar-refractivity contribution is 7.22. The smallest absolute Gasteiger partial charge is 0.270 e. The Hall–Kier alpha value is -3.49. The fourth-order valence-corrected chi connectivity index (χ4v) is 4.84. The Labute approximate surface area is 186 Å². The summed E-state index contributed by atoms with van der Waals surface area (Å²) in [6.45, 7) is 2.56. The molecule has 2 aromatic carbocycles. The fraction of sp³-hybridized carbons (Fsp3) is 0.0870. The van der Waals surface area contributed by atoms with E-state index in [1.165, 1.54) is 11.3 Å². The zero-order chi connectivity index (χ0) is 21.2. The second kappa shape index (κ2) is 8.33. The molecule has 0 aliphatic rings. The molecule has 154 valence electrons. The van der Waals surface area contributed by atoms with Gasteiger partial charge in [-0.25, -0.2) is 9.97 Å². The van der Waals surface area contributed by atoms with Crippen molar-refractivity contribution >= 4 is 54.8 Å². The normalized spacial score (nSPS) is 11.0. The van der Waals surface area contributed by atoms with Crippen molar-refractivity contribution in [2.45, 2.75) is 6.92 Å². The van der Waals surface area contributed by atoms with E-state index in [9.17, 15) is 4.79 Å². The molecule has 0 fully saturated rings. The van der Waals surface area contributed by atoms with Gasteiger partial charge in [0.25, 0.3) is 5.91 Å². The zero-order valence-electron chi connectivity index (χ0n) is 16.6. The van der Waals surface area contributed by atoms with Crippen molar-refractivity contribution in [3.05, 3.63) is 71.6 Å². The minimum Gasteiger partial charge on any atom is -0.494 e. The van der Waals surface area contributed by atoms with Crippen molar-refractivity contribution in [3.8, 4) is 16.3 Å². The van der Waals surface area contributed by atoms with E-state index >= 15 is 0 Å². The number of para-hydroxylation sites is 1. The molecule has 0 aliphatic heterocycles. The topological polar surface area (TPSA) is 76.1 Å². The number of rotatable bonds is 6. The summed E-state index contributed by atoms with van der Waals surface area (Å²) in [7, 11) is 0. The molecule has 8 heteroatoms. The maximum Gasteiger partial charge on any atom is 0.270 e. The molecule has 31 heavy (non-hydrogen) atoms. The third kappa shape index (κ3) is 3.95. The molecule has 6 nitrogen and oxygen atoms in total. The van der Waals surface area contributed by atoms with E-state index in [0.29, 0.717) is 17.3 Å². The molecular weight excluding hydrogens is 428 g/mol. The van der Waals surface area contributed by atoms with E-state index in [2.05, 4.69) is 15.8 Å². The van der Waals surface area contributed by atoms with Crippen molar-refractivity contribution in [3.63, 3.8) is 0 Å². The average Bonchev–Trinajstić information content (AvgIpc) is 3.46. The van der Waals surface area contributed by atoms with Gasteiger partial charge in [-0.15, -0.1) is 11.3 Å². The summed E-state index contributed by atoms with van der Waals surface area (Å²) in [5.74, 6) is 0.560. The van der Waals surface area contributed by atoms with Crippen molar-refractivity contribution in [2.24, 2.45) is 0 Å². The van der Waals surface area contributed by atoms with Crippen LogP contribution in [0.2, 0.25) is 0 Å². The first-order valence-corrected chi connectivity index (χ1v) is 11.4. The Balaban J connectivity index is 1.42. The third-order valence-electron chi connectivity index (χ3n) is 4.69. The molecule has 0 bridgehead atoms. The zero-order valence-corrected chi connectivity index (χ0v) is 18.2. The number of nitrogens with zero attached hydrogens (tertiary/aromatic N) is 2. The molecule has 0 radical (unpaired) electrons. The second-order valence-electron chi connectivity index (χ2n) is 6.71. The summed E-state index contributed by atoms with van der Waals surface area (Å²) in [6.07, 6.45) is 0. The number of thiazole rings is 1. The fourth-order valence-electron chi connectivity index (χ4n) is 3.31. The molecule has 0 saturated heterocycles. The number of anilines is 1. The van der Waals surface area contributed by atoms with Crippen molar-refractivity contribution in [1.29, 1.82) is 0 Å². The number of aromatic nitrogens is 2. The highest BCUT2D eigenvalue weighted by Gasteiger charge is 2.15. The lowest BCUT2D eigenvalue weighted by Crippen LogP contribution is -2.29. The van der Waals surface area contributed by atoms with E-state index in [1.54, 1.807) is 11.3 Å². The highest BCUT2D eigenvalue weighted by atomic mass is 32.1. The number of carbonyl (C=O) groups excluding carboxylic acids is 1. The molecular formula is C23H18N4O2S2. The Kier molecular flexibility index (Phi) is 5.23. The van der Waals surface area contributed by atoms with Crippen LogP contribution in [0.3, 0.4) is 0 Å². The number of benzene rings is 2. The molecule has 0 saturated carbocycles. The first-order chi connectivity index (χ1) is 15.2. The molecule has 0 aliphatic carbocycles. The predicted octanol–water partition coefficient (Wildman–Crippen LogP) is 5.73. The number of thiophene rings is 1. The summed E-state index contributed by atoms with van der Waals surface area (Å²) >= 11 is 3.05. The van der Waals surface area contributed by atoms with Crippen LogP contribution in [-0.2, 0) is 0 Å². The van der Waals surface area contributed by atoms with E-state index in [-0.39, 0.29) is 5.91 Å². The van der Waals surface area contributed by atoms with E-state index in [0.717, 1.165) is 37.4 Å². The third-order valence-corrected chi connectivity index (χ3v) is 6.51. The molecule has 3 aromatic heterocycles. The van der Waals surface area contributed by atoms with Crippen LogP contribution in [0.15, 0.2) is 66.0 Å². The average molecular weight is 447 g/mol. The number of hydrogen-bond acceptors (Lipinski definition) is 7. The lowest BCUT2D eigenvalue weighted by Gasteiger charge is -2.10. The molecule has 3 heterocycles. The molecule has 0 atom stereocenters. The van der Waals surface area contributed by atoms with Crippen LogP contribution in [0.4, 0.5) is 5.13 Å². The van der Waals surface area contributed by atoms with Crippen LogP contribution >= 0.6 is 22.7 Å². The summed E-state index contributed by atoms with van der Waals surface area (Å²) < 4.78 is 6.53.